The first-order chi connectivity index (χ1) is 8.20. The van der Waals surface area contributed by atoms with Crippen LogP contribution in [-0.2, 0) is 0 Å². The molecule has 0 saturated heterocycles. The predicted octanol–water partition coefficient (Wildman–Crippen LogP) is 4.26. The van der Waals surface area contributed by atoms with Gasteiger partial charge in [0.15, 0.2) is 0 Å². The van der Waals surface area contributed by atoms with Crippen molar-refractivity contribution in [1.29, 1.82) is 0 Å². The van der Waals surface area contributed by atoms with Gasteiger partial charge < -0.3 is 5.32 Å². The number of hydrogen-bond donors (Lipinski definition) is 1. The minimum absolute atomic E-state index is 0.119. The highest BCUT2D eigenvalue weighted by molar-refractivity contribution is 5.26. The smallest absolute Gasteiger partial charge is 0.126 e. The molecular formula is C16H26FN. The zero-order valence-corrected chi connectivity index (χ0v) is 12.5. The van der Waals surface area contributed by atoms with Gasteiger partial charge in [0.05, 0.1) is 0 Å². The number of benzene rings is 1. The third kappa shape index (κ3) is 4.41. The topological polar surface area (TPSA) is 12.0 Å². The molecule has 1 rings (SSSR count). The standard InChI is InChI=1S/C16H26FN/c1-11-9-14(7-8-15(11)17)13(3)12(2)10-18-16(4,5)6/h7-9,12-13,18H,10H2,1-6H3. The van der Waals surface area contributed by atoms with Crippen LogP contribution in [0.3, 0.4) is 0 Å². The summed E-state index contributed by atoms with van der Waals surface area (Å²) in [5.74, 6) is 0.833. The Kier molecular flexibility index (Phi) is 4.92. The van der Waals surface area contributed by atoms with Crippen LogP contribution in [-0.4, -0.2) is 12.1 Å². The fraction of sp³-hybridized carbons (Fsp3) is 0.625. The molecule has 0 fully saturated rings. The molecule has 2 atom stereocenters. The van der Waals surface area contributed by atoms with Gasteiger partial charge in [-0.2, -0.15) is 0 Å². The zero-order valence-electron chi connectivity index (χ0n) is 12.5. The third-order valence-corrected chi connectivity index (χ3v) is 3.52. The lowest BCUT2D eigenvalue weighted by molar-refractivity contribution is 0.359. The third-order valence-electron chi connectivity index (χ3n) is 3.52. The molecule has 2 unspecified atom stereocenters. The van der Waals surface area contributed by atoms with Crippen molar-refractivity contribution in [2.75, 3.05) is 6.54 Å². The minimum Gasteiger partial charge on any atom is -0.312 e. The number of nitrogens with one attached hydrogen (secondary N) is 1. The normalized spacial score (nSPS) is 15.5. The Balaban J connectivity index is 2.68. The lowest BCUT2D eigenvalue weighted by Gasteiger charge is -2.27. The summed E-state index contributed by atoms with van der Waals surface area (Å²) in [6, 6.07) is 5.44. The van der Waals surface area contributed by atoms with Crippen molar-refractivity contribution in [2.45, 2.75) is 53.0 Å². The van der Waals surface area contributed by atoms with Crippen molar-refractivity contribution >= 4 is 0 Å². The molecule has 0 amide bonds. The van der Waals surface area contributed by atoms with Gasteiger partial charge in [-0.05, 0) is 63.3 Å². The summed E-state index contributed by atoms with van der Waals surface area (Å²) >= 11 is 0. The van der Waals surface area contributed by atoms with Gasteiger partial charge in [-0.15, -0.1) is 0 Å². The molecule has 0 heterocycles. The lowest BCUT2D eigenvalue weighted by Crippen LogP contribution is -2.39. The quantitative estimate of drug-likeness (QED) is 0.843. The SMILES string of the molecule is Cc1cc(C(C)C(C)CNC(C)(C)C)ccc1F. The molecule has 1 aromatic rings. The Labute approximate surface area is 111 Å². The fourth-order valence-corrected chi connectivity index (χ4v) is 1.92. The number of aryl methyl sites for hydroxylation is 1. The molecule has 0 aliphatic heterocycles. The van der Waals surface area contributed by atoms with Crippen molar-refractivity contribution < 1.29 is 4.39 Å². The molecule has 0 saturated carbocycles. The van der Waals surface area contributed by atoms with Gasteiger partial charge in [-0.25, -0.2) is 4.39 Å². The zero-order chi connectivity index (χ0) is 13.9. The fourth-order valence-electron chi connectivity index (χ4n) is 1.92. The van der Waals surface area contributed by atoms with E-state index in [1.165, 1.54) is 5.56 Å². The largest absolute Gasteiger partial charge is 0.312 e. The maximum Gasteiger partial charge on any atom is 0.126 e. The molecule has 1 aromatic carbocycles. The molecule has 0 radical (unpaired) electrons. The second kappa shape index (κ2) is 5.83. The number of hydrogen-bond acceptors (Lipinski definition) is 1. The van der Waals surface area contributed by atoms with E-state index in [-0.39, 0.29) is 11.4 Å². The van der Waals surface area contributed by atoms with Crippen LogP contribution in [0.1, 0.15) is 51.7 Å². The van der Waals surface area contributed by atoms with Crippen molar-refractivity contribution in [2.24, 2.45) is 5.92 Å². The average molecular weight is 251 g/mol. The van der Waals surface area contributed by atoms with E-state index in [1.54, 1.807) is 6.07 Å². The van der Waals surface area contributed by atoms with Crippen LogP contribution < -0.4 is 5.32 Å². The Hall–Kier alpha value is -0.890. The van der Waals surface area contributed by atoms with Gasteiger partial charge in [-0.1, -0.05) is 26.0 Å². The van der Waals surface area contributed by atoms with E-state index in [1.807, 2.05) is 19.1 Å². The second-order valence-corrected chi connectivity index (χ2v) is 6.41. The van der Waals surface area contributed by atoms with Crippen molar-refractivity contribution in [1.82, 2.24) is 5.32 Å². The van der Waals surface area contributed by atoms with Gasteiger partial charge in [0.1, 0.15) is 5.82 Å². The molecule has 102 valence electrons. The Morgan fingerprint density at radius 1 is 1.22 bits per heavy atom. The first-order valence-corrected chi connectivity index (χ1v) is 6.72. The summed E-state index contributed by atoms with van der Waals surface area (Å²) in [6.07, 6.45) is 0. The van der Waals surface area contributed by atoms with Crippen LogP contribution in [0.4, 0.5) is 4.39 Å². The lowest BCUT2D eigenvalue weighted by atomic mass is 9.87. The molecule has 0 bridgehead atoms. The molecule has 0 aromatic heterocycles. The molecule has 1 nitrogen and oxygen atoms in total. The molecule has 2 heteroatoms. The summed E-state index contributed by atoms with van der Waals surface area (Å²) in [6.45, 7) is 13.8. The van der Waals surface area contributed by atoms with Gasteiger partial charge in [0.2, 0.25) is 0 Å². The number of rotatable bonds is 4. The first-order valence-electron chi connectivity index (χ1n) is 6.72. The summed E-state index contributed by atoms with van der Waals surface area (Å²) in [5, 5.41) is 3.52. The summed E-state index contributed by atoms with van der Waals surface area (Å²) in [4.78, 5) is 0. The maximum absolute atomic E-state index is 13.3. The Morgan fingerprint density at radius 2 is 1.83 bits per heavy atom. The van der Waals surface area contributed by atoms with Gasteiger partial charge in [0, 0.05) is 5.54 Å². The van der Waals surface area contributed by atoms with Gasteiger partial charge in [-0.3, -0.25) is 0 Å². The van der Waals surface area contributed by atoms with Crippen LogP contribution >= 0.6 is 0 Å². The van der Waals surface area contributed by atoms with Gasteiger partial charge in [0.25, 0.3) is 0 Å². The molecule has 1 N–H and O–H groups in total. The average Bonchev–Trinajstić information content (AvgIpc) is 2.27. The van der Waals surface area contributed by atoms with Crippen molar-refractivity contribution in [3.63, 3.8) is 0 Å². The highest BCUT2D eigenvalue weighted by atomic mass is 19.1. The van der Waals surface area contributed by atoms with Crippen LogP contribution in [0, 0.1) is 18.7 Å². The monoisotopic (exact) mass is 251 g/mol. The highest BCUT2D eigenvalue weighted by Crippen LogP contribution is 2.25. The van der Waals surface area contributed by atoms with E-state index in [9.17, 15) is 4.39 Å². The van der Waals surface area contributed by atoms with Crippen LogP contribution in [0.5, 0.6) is 0 Å². The van der Waals surface area contributed by atoms with E-state index in [0.29, 0.717) is 11.8 Å². The molecule has 18 heavy (non-hydrogen) atoms. The molecular weight excluding hydrogens is 225 g/mol. The van der Waals surface area contributed by atoms with Crippen LogP contribution in [0.25, 0.3) is 0 Å². The summed E-state index contributed by atoms with van der Waals surface area (Å²) in [5.41, 5.74) is 2.10. The summed E-state index contributed by atoms with van der Waals surface area (Å²) < 4.78 is 13.3. The molecule has 0 aliphatic carbocycles. The summed E-state index contributed by atoms with van der Waals surface area (Å²) in [7, 11) is 0. The second-order valence-electron chi connectivity index (χ2n) is 6.41. The minimum atomic E-state index is -0.119. The van der Waals surface area contributed by atoms with Crippen molar-refractivity contribution in [3.05, 3.63) is 35.1 Å². The van der Waals surface area contributed by atoms with E-state index >= 15 is 0 Å². The van der Waals surface area contributed by atoms with E-state index in [0.717, 1.165) is 12.1 Å². The van der Waals surface area contributed by atoms with Crippen LogP contribution in [0.2, 0.25) is 0 Å². The first kappa shape index (κ1) is 15.2. The highest BCUT2D eigenvalue weighted by Gasteiger charge is 2.17. The van der Waals surface area contributed by atoms with E-state index in [4.69, 9.17) is 0 Å². The van der Waals surface area contributed by atoms with E-state index < -0.39 is 0 Å². The number of halogens is 1. The molecule has 0 aliphatic rings. The van der Waals surface area contributed by atoms with Crippen molar-refractivity contribution in [3.8, 4) is 0 Å². The van der Waals surface area contributed by atoms with Crippen LogP contribution in [0.15, 0.2) is 18.2 Å². The van der Waals surface area contributed by atoms with Gasteiger partial charge >= 0.3 is 0 Å². The van der Waals surface area contributed by atoms with E-state index in [2.05, 4.69) is 39.9 Å². The Morgan fingerprint density at radius 3 is 2.33 bits per heavy atom. The maximum atomic E-state index is 13.3. The predicted molar refractivity (Wildman–Crippen MR) is 76.5 cm³/mol. The Bertz CT molecular complexity index is 393. The molecule has 0 spiro atoms.